The zero-order valence-corrected chi connectivity index (χ0v) is 12.6. The van der Waals surface area contributed by atoms with Gasteiger partial charge in [-0.2, -0.15) is 11.8 Å². The molecule has 0 aliphatic heterocycles. The second-order valence-corrected chi connectivity index (χ2v) is 6.45. The van der Waals surface area contributed by atoms with Gasteiger partial charge in [0.25, 0.3) is 5.69 Å². The minimum atomic E-state index is -0.363. The number of nitro groups is 1. The summed E-state index contributed by atoms with van der Waals surface area (Å²) in [6.45, 7) is 2.17. The molecule has 0 radical (unpaired) electrons. The van der Waals surface area contributed by atoms with Crippen molar-refractivity contribution >= 4 is 23.1 Å². The molecule has 1 aliphatic rings. The lowest BCUT2D eigenvalue weighted by molar-refractivity contribution is -0.384. The average Bonchev–Trinajstić information content (AvgIpc) is 2.87. The Morgan fingerprint density at radius 3 is 2.95 bits per heavy atom. The van der Waals surface area contributed by atoms with Crippen LogP contribution in [0.4, 0.5) is 11.4 Å². The SMILES string of the molecule is CCSC1CCC(Nc2ccc(OC)cc2[N+](=O)[O-])C1. The largest absolute Gasteiger partial charge is 0.496 e. The fourth-order valence-corrected chi connectivity index (χ4v) is 3.73. The van der Waals surface area contributed by atoms with Crippen LogP contribution in [-0.2, 0) is 0 Å². The van der Waals surface area contributed by atoms with Gasteiger partial charge >= 0.3 is 0 Å². The molecule has 0 aromatic heterocycles. The minimum absolute atomic E-state index is 0.0796. The summed E-state index contributed by atoms with van der Waals surface area (Å²) in [6.07, 6.45) is 3.32. The molecule has 2 unspecified atom stereocenters. The van der Waals surface area contributed by atoms with E-state index in [4.69, 9.17) is 4.74 Å². The van der Waals surface area contributed by atoms with Gasteiger partial charge in [-0.05, 0) is 37.1 Å². The van der Waals surface area contributed by atoms with Crippen LogP contribution in [-0.4, -0.2) is 29.1 Å². The highest BCUT2D eigenvalue weighted by Crippen LogP contribution is 2.35. The molecule has 0 heterocycles. The van der Waals surface area contributed by atoms with Gasteiger partial charge in [0.1, 0.15) is 11.4 Å². The predicted octanol–water partition coefficient (Wildman–Crippen LogP) is 3.69. The molecular formula is C14H20N2O3S. The first-order valence-corrected chi connectivity index (χ1v) is 7.89. The summed E-state index contributed by atoms with van der Waals surface area (Å²) in [5.74, 6) is 1.63. The lowest BCUT2D eigenvalue weighted by atomic mass is 10.2. The molecule has 0 bridgehead atoms. The van der Waals surface area contributed by atoms with Crippen molar-refractivity contribution in [2.24, 2.45) is 0 Å². The Labute approximate surface area is 123 Å². The molecule has 20 heavy (non-hydrogen) atoms. The Hall–Kier alpha value is -1.43. The number of nitrogens with one attached hydrogen (secondary N) is 1. The van der Waals surface area contributed by atoms with Gasteiger partial charge in [-0.3, -0.25) is 10.1 Å². The molecule has 0 spiro atoms. The van der Waals surface area contributed by atoms with Gasteiger partial charge in [0.15, 0.2) is 0 Å². The Bertz CT molecular complexity index is 481. The van der Waals surface area contributed by atoms with Crippen molar-refractivity contribution < 1.29 is 9.66 Å². The van der Waals surface area contributed by atoms with E-state index in [9.17, 15) is 10.1 Å². The first-order chi connectivity index (χ1) is 9.63. The molecule has 1 saturated carbocycles. The fraction of sp³-hybridized carbons (Fsp3) is 0.571. The monoisotopic (exact) mass is 296 g/mol. The molecule has 2 atom stereocenters. The third-order valence-electron chi connectivity index (χ3n) is 3.55. The smallest absolute Gasteiger partial charge is 0.296 e. The van der Waals surface area contributed by atoms with Crippen molar-refractivity contribution in [1.29, 1.82) is 0 Å². The molecule has 6 heteroatoms. The number of hydrogen-bond acceptors (Lipinski definition) is 5. The van der Waals surface area contributed by atoms with Gasteiger partial charge < -0.3 is 10.1 Å². The number of thioether (sulfide) groups is 1. The molecule has 0 saturated heterocycles. The van der Waals surface area contributed by atoms with Crippen LogP contribution in [0.5, 0.6) is 5.75 Å². The van der Waals surface area contributed by atoms with Crippen molar-refractivity contribution in [3.8, 4) is 5.75 Å². The van der Waals surface area contributed by atoms with E-state index in [-0.39, 0.29) is 10.6 Å². The topological polar surface area (TPSA) is 64.4 Å². The lowest BCUT2D eigenvalue weighted by Crippen LogP contribution is -2.17. The van der Waals surface area contributed by atoms with Gasteiger partial charge in [0.2, 0.25) is 0 Å². The number of ether oxygens (including phenoxy) is 1. The molecule has 110 valence electrons. The number of nitro benzene ring substituents is 1. The molecule has 1 aromatic carbocycles. The first-order valence-electron chi connectivity index (χ1n) is 6.84. The van der Waals surface area contributed by atoms with Crippen LogP contribution >= 0.6 is 11.8 Å². The van der Waals surface area contributed by atoms with Crippen LogP contribution < -0.4 is 10.1 Å². The van der Waals surface area contributed by atoms with Crippen molar-refractivity contribution in [2.45, 2.75) is 37.5 Å². The summed E-state index contributed by atoms with van der Waals surface area (Å²) in [6, 6.07) is 5.28. The van der Waals surface area contributed by atoms with Crippen molar-refractivity contribution in [2.75, 3.05) is 18.2 Å². The number of nitrogens with zero attached hydrogens (tertiary/aromatic N) is 1. The highest BCUT2D eigenvalue weighted by atomic mass is 32.2. The average molecular weight is 296 g/mol. The van der Waals surface area contributed by atoms with Crippen LogP contribution in [0.2, 0.25) is 0 Å². The van der Waals surface area contributed by atoms with Gasteiger partial charge in [-0.1, -0.05) is 6.92 Å². The highest BCUT2D eigenvalue weighted by Gasteiger charge is 2.26. The van der Waals surface area contributed by atoms with Crippen LogP contribution in [0.1, 0.15) is 26.2 Å². The normalized spacial score (nSPS) is 21.7. The zero-order valence-electron chi connectivity index (χ0n) is 11.8. The van der Waals surface area contributed by atoms with Crippen LogP contribution in [0.15, 0.2) is 18.2 Å². The summed E-state index contributed by atoms with van der Waals surface area (Å²) in [7, 11) is 1.51. The van der Waals surface area contributed by atoms with E-state index in [1.807, 2.05) is 11.8 Å². The van der Waals surface area contributed by atoms with Crippen LogP contribution in [0, 0.1) is 10.1 Å². The first kappa shape index (κ1) is 15.0. The Morgan fingerprint density at radius 2 is 2.30 bits per heavy atom. The highest BCUT2D eigenvalue weighted by molar-refractivity contribution is 7.99. The Balaban J connectivity index is 2.07. The maximum atomic E-state index is 11.1. The molecular weight excluding hydrogens is 276 g/mol. The number of anilines is 1. The van der Waals surface area contributed by atoms with Gasteiger partial charge in [0.05, 0.1) is 18.1 Å². The van der Waals surface area contributed by atoms with Crippen molar-refractivity contribution in [3.05, 3.63) is 28.3 Å². The summed E-state index contributed by atoms with van der Waals surface area (Å²) in [4.78, 5) is 10.8. The molecule has 1 N–H and O–H groups in total. The lowest BCUT2D eigenvalue weighted by Gasteiger charge is -2.15. The summed E-state index contributed by atoms with van der Waals surface area (Å²) in [5.41, 5.74) is 0.666. The van der Waals surface area contributed by atoms with E-state index in [1.54, 1.807) is 12.1 Å². The van der Waals surface area contributed by atoms with Gasteiger partial charge in [-0.25, -0.2) is 0 Å². The van der Waals surface area contributed by atoms with E-state index < -0.39 is 0 Å². The zero-order chi connectivity index (χ0) is 14.5. The molecule has 5 nitrogen and oxygen atoms in total. The van der Waals surface area contributed by atoms with Crippen molar-refractivity contribution in [3.63, 3.8) is 0 Å². The fourth-order valence-electron chi connectivity index (χ4n) is 2.59. The van der Waals surface area contributed by atoms with E-state index in [0.717, 1.165) is 18.6 Å². The van der Waals surface area contributed by atoms with E-state index in [0.29, 0.717) is 22.7 Å². The number of rotatable bonds is 6. The van der Waals surface area contributed by atoms with Gasteiger partial charge in [0, 0.05) is 11.3 Å². The molecule has 1 aliphatic carbocycles. The maximum absolute atomic E-state index is 11.1. The predicted molar refractivity (Wildman–Crippen MR) is 82.8 cm³/mol. The number of benzene rings is 1. The van der Waals surface area contributed by atoms with E-state index >= 15 is 0 Å². The number of methoxy groups -OCH3 is 1. The second kappa shape index (κ2) is 6.83. The Morgan fingerprint density at radius 1 is 1.50 bits per heavy atom. The van der Waals surface area contributed by atoms with E-state index in [2.05, 4.69) is 12.2 Å². The molecule has 1 fully saturated rings. The Kier molecular flexibility index (Phi) is 5.11. The summed E-state index contributed by atoms with van der Waals surface area (Å²) < 4.78 is 5.04. The molecule has 0 amide bonds. The van der Waals surface area contributed by atoms with Crippen molar-refractivity contribution in [1.82, 2.24) is 0 Å². The molecule has 2 rings (SSSR count). The quantitative estimate of drug-likeness (QED) is 0.640. The number of hydrogen-bond donors (Lipinski definition) is 1. The van der Waals surface area contributed by atoms with Crippen LogP contribution in [0.25, 0.3) is 0 Å². The summed E-state index contributed by atoms with van der Waals surface area (Å²) >= 11 is 1.98. The maximum Gasteiger partial charge on any atom is 0.296 e. The van der Waals surface area contributed by atoms with E-state index in [1.165, 1.54) is 19.6 Å². The van der Waals surface area contributed by atoms with Crippen LogP contribution in [0.3, 0.4) is 0 Å². The second-order valence-electron chi connectivity index (χ2n) is 4.87. The molecule has 1 aromatic rings. The van der Waals surface area contributed by atoms with Gasteiger partial charge in [-0.15, -0.1) is 0 Å². The standard InChI is InChI=1S/C14H20N2O3S/c1-3-20-12-6-4-10(8-12)15-13-7-5-11(19-2)9-14(13)16(17)18/h5,7,9-10,12,15H,3-4,6,8H2,1-2H3. The summed E-state index contributed by atoms with van der Waals surface area (Å²) in [5, 5.41) is 15.1. The third kappa shape index (κ3) is 3.56. The minimum Gasteiger partial charge on any atom is -0.496 e. The third-order valence-corrected chi connectivity index (χ3v) is 4.78.